The van der Waals surface area contributed by atoms with Crippen molar-refractivity contribution in [3.8, 4) is 22.9 Å². The molecule has 11 heteroatoms. The summed E-state index contributed by atoms with van der Waals surface area (Å²) in [6.45, 7) is 4.53. The summed E-state index contributed by atoms with van der Waals surface area (Å²) < 4.78 is 73.6. The predicted molar refractivity (Wildman–Crippen MR) is 112 cm³/mol. The van der Waals surface area contributed by atoms with Gasteiger partial charge < -0.3 is 9.47 Å². The lowest BCUT2D eigenvalue weighted by atomic mass is 10.1. The summed E-state index contributed by atoms with van der Waals surface area (Å²) in [4.78, 5) is -0.219. The summed E-state index contributed by atoms with van der Waals surface area (Å²) in [7, 11) is -4.04. The molecule has 0 amide bonds. The molecular weight excluding hydrogens is 447 g/mol. The second-order valence-electron chi connectivity index (χ2n) is 7.17. The molecule has 0 aliphatic rings. The van der Waals surface area contributed by atoms with Crippen molar-refractivity contribution in [2.45, 2.75) is 25.1 Å². The lowest BCUT2D eigenvalue weighted by Gasteiger charge is -2.11. The maximum atomic E-state index is 12.6. The molecule has 32 heavy (non-hydrogen) atoms. The van der Waals surface area contributed by atoms with Crippen molar-refractivity contribution >= 4 is 15.7 Å². The average molecular weight is 467 g/mol. The minimum absolute atomic E-state index is 0.219. The molecule has 3 rings (SSSR count). The van der Waals surface area contributed by atoms with Gasteiger partial charge >= 0.3 is 6.36 Å². The number of nitrogens with zero attached hydrogens (tertiary/aromatic N) is 2. The summed E-state index contributed by atoms with van der Waals surface area (Å²) >= 11 is 0. The van der Waals surface area contributed by atoms with Crippen LogP contribution in [-0.4, -0.2) is 31.6 Å². The van der Waals surface area contributed by atoms with Gasteiger partial charge in [-0.2, -0.15) is 0 Å². The maximum Gasteiger partial charge on any atom is 0.573 e. The quantitative estimate of drug-likeness (QED) is 0.508. The molecule has 0 saturated heterocycles. The maximum absolute atomic E-state index is 12.6. The van der Waals surface area contributed by atoms with E-state index in [1.807, 2.05) is 13.8 Å². The summed E-state index contributed by atoms with van der Waals surface area (Å²) in [6, 6.07) is 13.8. The summed E-state index contributed by atoms with van der Waals surface area (Å²) in [5, 5.41) is 8.11. The number of benzene rings is 2. The van der Waals surface area contributed by atoms with Crippen LogP contribution in [0.3, 0.4) is 0 Å². The number of aromatic nitrogens is 2. The van der Waals surface area contributed by atoms with Crippen molar-refractivity contribution in [2.75, 3.05) is 11.3 Å². The van der Waals surface area contributed by atoms with E-state index < -0.39 is 22.1 Å². The van der Waals surface area contributed by atoms with Gasteiger partial charge in [0.25, 0.3) is 10.0 Å². The first-order chi connectivity index (χ1) is 15.0. The van der Waals surface area contributed by atoms with Crippen LogP contribution in [0.1, 0.15) is 13.8 Å². The summed E-state index contributed by atoms with van der Waals surface area (Å²) in [5.41, 5.74) is 1.37. The van der Waals surface area contributed by atoms with Gasteiger partial charge in [0.1, 0.15) is 5.75 Å². The molecule has 2 aromatic carbocycles. The SMILES string of the molecule is CC(C)COc1ccc(-c2cccc(NS(=O)(=O)c3ccc(OC(F)(F)F)cc3)c2)nn1. The minimum Gasteiger partial charge on any atom is -0.476 e. The highest BCUT2D eigenvalue weighted by Gasteiger charge is 2.31. The van der Waals surface area contributed by atoms with E-state index in [0.29, 0.717) is 29.7 Å². The van der Waals surface area contributed by atoms with Crippen LogP contribution in [0.5, 0.6) is 11.6 Å². The Balaban J connectivity index is 1.73. The molecule has 1 heterocycles. The number of hydrogen-bond donors (Lipinski definition) is 1. The standard InChI is InChI=1S/C21H20F3N3O4S/c1-14(2)13-30-20-11-10-19(25-26-20)15-4-3-5-16(12-15)27-32(28,29)18-8-6-17(7-9-18)31-21(22,23)24/h3-12,14,27H,13H2,1-2H3. The Morgan fingerprint density at radius 3 is 2.31 bits per heavy atom. The molecule has 0 aliphatic heterocycles. The van der Waals surface area contributed by atoms with Gasteiger partial charge in [-0.3, -0.25) is 4.72 Å². The zero-order valence-corrected chi connectivity index (χ0v) is 17.9. The number of halogens is 3. The molecule has 0 bridgehead atoms. The Labute approximate surface area is 183 Å². The van der Waals surface area contributed by atoms with E-state index in [1.165, 1.54) is 6.07 Å². The Kier molecular flexibility index (Phi) is 6.87. The van der Waals surface area contributed by atoms with Crippen molar-refractivity contribution in [1.82, 2.24) is 10.2 Å². The van der Waals surface area contributed by atoms with Crippen LogP contribution >= 0.6 is 0 Å². The Bertz CT molecular complexity index is 1150. The number of rotatable bonds is 8. The second kappa shape index (κ2) is 9.43. The smallest absolute Gasteiger partial charge is 0.476 e. The van der Waals surface area contributed by atoms with Crippen LogP contribution < -0.4 is 14.2 Å². The third-order valence-corrected chi connectivity index (χ3v) is 5.38. The van der Waals surface area contributed by atoms with E-state index in [4.69, 9.17) is 4.74 Å². The van der Waals surface area contributed by atoms with Crippen molar-refractivity contribution in [3.63, 3.8) is 0 Å². The highest BCUT2D eigenvalue weighted by Crippen LogP contribution is 2.26. The molecule has 3 aromatic rings. The highest BCUT2D eigenvalue weighted by molar-refractivity contribution is 7.92. The van der Waals surface area contributed by atoms with Crippen LogP contribution in [0.2, 0.25) is 0 Å². The first kappa shape index (κ1) is 23.3. The molecule has 1 aromatic heterocycles. The normalized spacial score (nSPS) is 11.9. The molecule has 0 saturated carbocycles. The molecule has 0 atom stereocenters. The Hall–Kier alpha value is -3.34. The number of nitrogens with one attached hydrogen (secondary N) is 1. The van der Waals surface area contributed by atoms with Gasteiger partial charge in [-0.05, 0) is 48.4 Å². The van der Waals surface area contributed by atoms with Crippen LogP contribution in [0.15, 0.2) is 65.6 Å². The fourth-order valence-corrected chi connectivity index (χ4v) is 3.63. The van der Waals surface area contributed by atoms with E-state index in [0.717, 1.165) is 24.3 Å². The average Bonchev–Trinajstić information content (AvgIpc) is 2.72. The summed E-state index contributed by atoms with van der Waals surface area (Å²) in [5.74, 6) is 0.213. The molecule has 7 nitrogen and oxygen atoms in total. The van der Waals surface area contributed by atoms with Gasteiger partial charge in [-0.15, -0.1) is 23.4 Å². The molecule has 1 N–H and O–H groups in total. The third-order valence-electron chi connectivity index (χ3n) is 3.98. The Morgan fingerprint density at radius 1 is 1.00 bits per heavy atom. The number of ether oxygens (including phenoxy) is 2. The lowest BCUT2D eigenvalue weighted by molar-refractivity contribution is -0.274. The topological polar surface area (TPSA) is 90.4 Å². The fraction of sp³-hybridized carbons (Fsp3) is 0.238. The molecule has 170 valence electrons. The molecular formula is C21H20F3N3O4S. The van der Waals surface area contributed by atoms with Crippen LogP contribution in [-0.2, 0) is 10.0 Å². The van der Waals surface area contributed by atoms with Gasteiger partial charge in [0.2, 0.25) is 5.88 Å². The van der Waals surface area contributed by atoms with E-state index in [-0.39, 0.29) is 10.6 Å². The second-order valence-corrected chi connectivity index (χ2v) is 8.85. The molecule has 0 aliphatic carbocycles. The number of sulfonamides is 1. The highest BCUT2D eigenvalue weighted by atomic mass is 32.2. The van der Waals surface area contributed by atoms with Crippen molar-refractivity contribution in [2.24, 2.45) is 5.92 Å². The van der Waals surface area contributed by atoms with E-state index >= 15 is 0 Å². The number of anilines is 1. The lowest BCUT2D eigenvalue weighted by Crippen LogP contribution is -2.17. The third kappa shape index (κ3) is 6.58. The van der Waals surface area contributed by atoms with Crippen molar-refractivity contribution in [1.29, 1.82) is 0 Å². The van der Waals surface area contributed by atoms with E-state index in [2.05, 4.69) is 19.7 Å². The monoisotopic (exact) mass is 467 g/mol. The van der Waals surface area contributed by atoms with E-state index in [1.54, 1.807) is 30.3 Å². The Morgan fingerprint density at radius 2 is 1.72 bits per heavy atom. The molecule has 0 radical (unpaired) electrons. The molecule has 0 unspecified atom stereocenters. The zero-order chi connectivity index (χ0) is 23.4. The van der Waals surface area contributed by atoms with Gasteiger partial charge in [-0.25, -0.2) is 8.42 Å². The van der Waals surface area contributed by atoms with Crippen LogP contribution in [0.25, 0.3) is 11.3 Å². The first-order valence-electron chi connectivity index (χ1n) is 9.47. The molecule has 0 fully saturated rings. The fourth-order valence-electron chi connectivity index (χ4n) is 2.58. The molecule has 0 spiro atoms. The van der Waals surface area contributed by atoms with Gasteiger partial charge in [0.05, 0.1) is 17.2 Å². The first-order valence-corrected chi connectivity index (χ1v) is 11.0. The number of hydrogen-bond acceptors (Lipinski definition) is 6. The summed E-state index contributed by atoms with van der Waals surface area (Å²) in [6.07, 6.45) is -4.86. The van der Waals surface area contributed by atoms with Gasteiger partial charge in [0, 0.05) is 17.3 Å². The van der Waals surface area contributed by atoms with Crippen molar-refractivity contribution in [3.05, 3.63) is 60.7 Å². The number of alkyl halides is 3. The van der Waals surface area contributed by atoms with Crippen LogP contribution in [0, 0.1) is 5.92 Å². The minimum atomic E-state index is -4.86. The van der Waals surface area contributed by atoms with E-state index in [9.17, 15) is 21.6 Å². The van der Waals surface area contributed by atoms with Gasteiger partial charge in [0.15, 0.2) is 0 Å². The van der Waals surface area contributed by atoms with Gasteiger partial charge in [-0.1, -0.05) is 26.0 Å². The van der Waals surface area contributed by atoms with Crippen molar-refractivity contribution < 1.29 is 31.1 Å². The zero-order valence-electron chi connectivity index (χ0n) is 17.1. The van der Waals surface area contributed by atoms with Crippen LogP contribution in [0.4, 0.5) is 18.9 Å². The predicted octanol–water partition coefficient (Wildman–Crippen LogP) is 4.88. The largest absolute Gasteiger partial charge is 0.573 e.